The number of nitrogens with zero attached hydrogens (tertiary/aromatic N) is 2. The summed E-state index contributed by atoms with van der Waals surface area (Å²) >= 11 is 0. The lowest BCUT2D eigenvalue weighted by Gasteiger charge is -2.25. The highest BCUT2D eigenvalue weighted by Crippen LogP contribution is 2.20. The monoisotopic (exact) mass is 268 g/mol. The molecule has 4 nitrogen and oxygen atoms in total. The lowest BCUT2D eigenvalue weighted by molar-refractivity contribution is 0.327. The van der Waals surface area contributed by atoms with Crippen molar-refractivity contribution in [3.05, 3.63) is 0 Å². The number of rotatable bonds is 6. The Kier molecular flexibility index (Phi) is 7.21. The second-order valence-electron chi connectivity index (χ2n) is 6.54. The Morgan fingerprint density at radius 2 is 1.89 bits per heavy atom. The summed E-state index contributed by atoms with van der Waals surface area (Å²) in [6, 6.07) is 0.836. The van der Waals surface area contributed by atoms with Crippen molar-refractivity contribution in [3.63, 3.8) is 0 Å². The first-order chi connectivity index (χ1) is 8.97. The Bertz CT molecular complexity index is 257. The third kappa shape index (κ3) is 7.41. The van der Waals surface area contributed by atoms with Gasteiger partial charge in [0.15, 0.2) is 5.96 Å². The quantitative estimate of drug-likeness (QED) is 0.573. The predicted octanol–water partition coefficient (Wildman–Crippen LogP) is 2.20. The molecule has 112 valence electrons. The number of nitrogens with two attached hydrogens (primary N) is 1. The van der Waals surface area contributed by atoms with Gasteiger partial charge in [-0.1, -0.05) is 33.1 Å². The average molecular weight is 268 g/mol. The van der Waals surface area contributed by atoms with Crippen molar-refractivity contribution >= 4 is 5.96 Å². The first-order valence-electron chi connectivity index (χ1n) is 7.72. The van der Waals surface area contributed by atoms with Crippen LogP contribution < -0.4 is 11.1 Å². The number of likely N-dealkylation sites (N-methyl/N-ethyl adjacent to an activating group) is 1. The zero-order valence-corrected chi connectivity index (χ0v) is 13.2. The highest BCUT2D eigenvalue weighted by Gasteiger charge is 2.15. The Morgan fingerprint density at radius 1 is 1.26 bits per heavy atom. The summed E-state index contributed by atoms with van der Waals surface area (Å²) < 4.78 is 0. The summed E-state index contributed by atoms with van der Waals surface area (Å²) in [5, 5.41) is 3.41. The molecular weight excluding hydrogens is 236 g/mol. The molecule has 0 aromatic heterocycles. The first-order valence-corrected chi connectivity index (χ1v) is 7.72. The standard InChI is InChI=1S/C15H32N4/c1-12(2)10-14(11-19(3)4)18-15(16)17-13-8-6-5-7-9-13/h12-14H,5-11H2,1-4H3,(H3,16,17,18). The Labute approximate surface area is 118 Å². The summed E-state index contributed by atoms with van der Waals surface area (Å²) in [5.74, 6) is 1.30. The molecule has 0 aromatic rings. The zero-order chi connectivity index (χ0) is 14.3. The van der Waals surface area contributed by atoms with Crippen LogP contribution in [0.2, 0.25) is 0 Å². The molecule has 1 rings (SSSR count). The first kappa shape index (κ1) is 16.3. The Balaban J connectivity index is 2.48. The fourth-order valence-corrected chi connectivity index (χ4v) is 2.84. The van der Waals surface area contributed by atoms with Crippen molar-refractivity contribution < 1.29 is 0 Å². The van der Waals surface area contributed by atoms with E-state index in [9.17, 15) is 0 Å². The smallest absolute Gasteiger partial charge is 0.189 e. The van der Waals surface area contributed by atoms with Gasteiger partial charge in [-0.2, -0.15) is 0 Å². The molecule has 0 aliphatic heterocycles. The summed E-state index contributed by atoms with van der Waals surface area (Å²) in [6.07, 6.45) is 7.48. The van der Waals surface area contributed by atoms with Crippen molar-refractivity contribution in [1.82, 2.24) is 10.2 Å². The minimum absolute atomic E-state index is 0.391. The maximum atomic E-state index is 6.08. The molecule has 1 aliphatic carbocycles. The van der Waals surface area contributed by atoms with E-state index >= 15 is 0 Å². The van der Waals surface area contributed by atoms with Gasteiger partial charge in [0.2, 0.25) is 0 Å². The largest absolute Gasteiger partial charge is 0.370 e. The third-order valence-corrected chi connectivity index (χ3v) is 3.59. The minimum Gasteiger partial charge on any atom is -0.370 e. The van der Waals surface area contributed by atoms with Crippen LogP contribution in [0.3, 0.4) is 0 Å². The van der Waals surface area contributed by atoms with Crippen molar-refractivity contribution in [2.45, 2.75) is 64.5 Å². The van der Waals surface area contributed by atoms with E-state index < -0.39 is 0 Å². The molecule has 1 fully saturated rings. The van der Waals surface area contributed by atoms with Crippen LogP contribution in [0, 0.1) is 5.92 Å². The van der Waals surface area contributed by atoms with Crippen LogP contribution in [0.4, 0.5) is 0 Å². The molecule has 0 saturated heterocycles. The van der Waals surface area contributed by atoms with Gasteiger partial charge in [0.1, 0.15) is 0 Å². The van der Waals surface area contributed by atoms with Crippen LogP contribution in [-0.2, 0) is 0 Å². The number of nitrogens with one attached hydrogen (secondary N) is 1. The molecule has 0 heterocycles. The fourth-order valence-electron chi connectivity index (χ4n) is 2.84. The van der Waals surface area contributed by atoms with Crippen LogP contribution in [0.25, 0.3) is 0 Å². The number of hydrogen-bond acceptors (Lipinski definition) is 2. The zero-order valence-electron chi connectivity index (χ0n) is 13.2. The van der Waals surface area contributed by atoms with E-state index in [-0.39, 0.29) is 0 Å². The number of guanidine groups is 1. The van der Waals surface area contributed by atoms with Crippen molar-refractivity contribution in [1.29, 1.82) is 0 Å². The summed E-state index contributed by atoms with van der Waals surface area (Å²) in [7, 11) is 4.20. The summed E-state index contributed by atoms with van der Waals surface area (Å²) in [5.41, 5.74) is 6.08. The molecular formula is C15H32N4. The van der Waals surface area contributed by atoms with Gasteiger partial charge >= 0.3 is 0 Å². The molecule has 0 aromatic carbocycles. The topological polar surface area (TPSA) is 53.6 Å². The second-order valence-corrected chi connectivity index (χ2v) is 6.54. The summed E-state index contributed by atoms with van der Waals surface area (Å²) in [6.45, 7) is 5.50. The van der Waals surface area contributed by atoms with Crippen LogP contribution in [-0.4, -0.2) is 43.6 Å². The molecule has 0 radical (unpaired) electrons. The fraction of sp³-hybridized carbons (Fsp3) is 0.933. The molecule has 1 aliphatic rings. The number of hydrogen-bond donors (Lipinski definition) is 2. The van der Waals surface area contributed by atoms with Crippen LogP contribution >= 0.6 is 0 Å². The van der Waals surface area contributed by atoms with E-state index in [1.807, 2.05) is 0 Å². The van der Waals surface area contributed by atoms with Crippen LogP contribution in [0.1, 0.15) is 52.4 Å². The maximum Gasteiger partial charge on any atom is 0.189 e. The Morgan fingerprint density at radius 3 is 2.42 bits per heavy atom. The molecule has 4 heteroatoms. The highest BCUT2D eigenvalue weighted by atomic mass is 15.2. The van der Waals surface area contributed by atoms with Gasteiger partial charge < -0.3 is 16.0 Å². The van der Waals surface area contributed by atoms with Gasteiger partial charge in [-0.3, -0.25) is 4.99 Å². The van der Waals surface area contributed by atoms with E-state index in [4.69, 9.17) is 5.73 Å². The van der Waals surface area contributed by atoms with Gasteiger partial charge in [-0.25, -0.2) is 0 Å². The van der Waals surface area contributed by atoms with E-state index in [0.29, 0.717) is 24.0 Å². The van der Waals surface area contributed by atoms with Crippen molar-refractivity contribution in [3.8, 4) is 0 Å². The minimum atomic E-state index is 0.391. The molecule has 1 atom stereocenters. The van der Waals surface area contributed by atoms with Crippen molar-refractivity contribution in [2.75, 3.05) is 20.6 Å². The van der Waals surface area contributed by atoms with Crippen LogP contribution in [0.5, 0.6) is 0 Å². The number of aliphatic imine (C=N–C) groups is 1. The maximum absolute atomic E-state index is 6.08. The normalized spacial score (nSPS) is 20.0. The van der Waals surface area contributed by atoms with Gasteiger partial charge in [-0.15, -0.1) is 0 Å². The highest BCUT2D eigenvalue weighted by molar-refractivity contribution is 5.78. The SMILES string of the molecule is CC(C)CC(CN(C)C)NC(N)=NC1CCCCC1. The predicted molar refractivity (Wildman–Crippen MR) is 83.4 cm³/mol. The van der Waals surface area contributed by atoms with Gasteiger partial charge in [0.25, 0.3) is 0 Å². The van der Waals surface area contributed by atoms with Crippen molar-refractivity contribution in [2.24, 2.45) is 16.6 Å². The Hall–Kier alpha value is -0.770. The third-order valence-electron chi connectivity index (χ3n) is 3.59. The van der Waals surface area contributed by atoms with E-state index in [0.717, 1.165) is 13.0 Å². The molecule has 0 amide bonds. The van der Waals surface area contributed by atoms with E-state index in [1.54, 1.807) is 0 Å². The van der Waals surface area contributed by atoms with E-state index in [1.165, 1.54) is 32.1 Å². The molecule has 0 bridgehead atoms. The van der Waals surface area contributed by atoms with Gasteiger partial charge in [0.05, 0.1) is 6.04 Å². The summed E-state index contributed by atoms with van der Waals surface area (Å²) in [4.78, 5) is 6.86. The molecule has 1 saturated carbocycles. The molecule has 0 spiro atoms. The van der Waals surface area contributed by atoms with Gasteiger partial charge in [0, 0.05) is 12.6 Å². The molecule has 3 N–H and O–H groups in total. The lowest BCUT2D eigenvalue weighted by Crippen LogP contribution is -2.46. The van der Waals surface area contributed by atoms with E-state index in [2.05, 4.69) is 43.2 Å². The average Bonchev–Trinajstić information content (AvgIpc) is 2.27. The van der Waals surface area contributed by atoms with Gasteiger partial charge in [-0.05, 0) is 39.3 Å². The second kappa shape index (κ2) is 8.41. The molecule has 1 unspecified atom stereocenters. The lowest BCUT2D eigenvalue weighted by atomic mass is 9.96. The van der Waals surface area contributed by atoms with Crippen LogP contribution in [0.15, 0.2) is 4.99 Å². The molecule has 19 heavy (non-hydrogen) atoms.